The first-order chi connectivity index (χ1) is 9.97. The van der Waals surface area contributed by atoms with Crippen molar-refractivity contribution in [3.63, 3.8) is 0 Å². The van der Waals surface area contributed by atoms with Gasteiger partial charge in [0, 0.05) is 24.5 Å². The predicted molar refractivity (Wildman–Crippen MR) is 85.4 cm³/mol. The van der Waals surface area contributed by atoms with Crippen molar-refractivity contribution in [2.75, 3.05) is 0 Å². The number of nitrogens with zero attached hydrogens (tertiary/aromatic N) is 1. The van der Waals surface area contributed by atoms with Gasteiger partial charge in [0.15, 0.2) is 0 Å². The van der Waals surface area contributed by atoms with Gasteiger partial charge in [-0.05, 0) is 49.8 Å². The summed E-state index contributed by atoms with van der Waals surface area (Å²) in [6.07, 6.45) is 5.70. The van der Waals surface area contributed by atoms with Crippen LogP contribution in [0.15, 0.2) is 18.2 Å². The van der Waals surface area contributed by atoms with E-state index in [1.54, 1.807) is 6.07 Å². The lowest BCUT2D eigenvalue weighted by Crippen LogP contribution is -2.50. The van der Waals surface area contributed by atoms with Gasteiger partial charge in [-0.3, -0.25) is 4.79 Å². The van der Waals surface area contributed by atoms with E-state index in [9.17, 15) is 4.79 Å². The van der Waals surface area contributed by atoms with Crippen molar-refractivity contribution in [2.45, 2.75) is 56.7 Å². The maximum atomic E-state index is 12.6. The lowest BCUT2D eigenvalue weighted by atomic mass is 9.75. The minimum absolute atomic E-state index is 0.172. The molecule has 0 unspecified atom stereocenters. The summed E-state index contributed by atoms with van der Waals surface area (Å²) in [5.41, 5.74) is 6.97. The van der Waals surface area contributed by atoms with Crippen molar-refractivity contribution in [1.29, 1.82) is 0 Å². The van der Waals surface area contributed by atoms with Crippen molar-refractivity contribution in [1.82, 2.24) is 4.90 Å². The van der Waals surface area contributed by atoms with Crippen LogP contribution in [0.3, 0.4) is 0 Å². The molecule has 0 radical (unpaired) electrons. The second kappa shape index (κ2) is 5.79. The number of carbonyl (C=O) groups excluding carboxylic acids is 1. The predicted octanol–water partition coefficient (Wildman–Crippen LogP) is 3.76. The molecule has 1 aromatic carbocycles. The summed E-state index contributed by atoms with van der Waals surface area (Å²) in [5.74, 6) is 0.172. The van der Waals surface area contributed by atoms with Gasteiger partial charge < -0.3 is 10.6 Å². The van der Waals surface area contributed by atoms with Crippen LogP contribution in [-0.4, -0.2) is 22.4 Å². The molecular formula is C16H20Cl2N2O. The Morgan fingerprint density at radius 1 is 1.29 bits per heavy atom. The van der Waals surface area contributed by atoms with Gasteiger partial charge in [0.25, 0.3) is 0 Å². The van der Waals surface area contributed by atoms with Crippen molar-refractivity contribution in [2.24, 2.45) is 5.73 Å². The highest BCUT2D eigenvalue weighted by molar-refractivity contribution is 6.42. The Labute approximate surface area is 135 Å². The highest BCUT2D eigenvalue weighted by Crippen LogP contribution is 2.35. The van der Waals surface area contributed by atoms with Gasteiger partial charge in [0.2, 0.25) is 5.91 Å². The Morgan fingerprint density at radius 2 is 2.00 bits per heavy atom. The summed E-state index contributed by atoms with van der Waals surface area (Å²) in [4.78, 5) is 14.5. The quantitative estimate of drug-likeness (QED) is 0.895. The first-order valence-electron chi connectivity index (χ1n) is 7.49. The maximum absolute atomic E-state index is 12.6. The van der Waals surface area contributed by atoms with E-state index in [4.69, 9.17) is 28.9 Å². The summed E-state index contributed by atoms with van der Waals surface area (Å²) in [7, 11) is 0. The monoisotopic (exact) mass is 326 g/mol. The standard InChI is InChI=1S/C16H20Cl2N2O/c17-13-5-2-11(8-14(13)18)10-20(12-3-4-12)15(21)9-16(19)6-1-7-16/h2,5,8,12H,1,3-4,6-7,9-10,19H2. The molecule has 5 heteroatoms. The zero-order valence-electron chi connectivity index (χ0n) is 11.9. The average Bonchev–Trinajstić information content (AvgIpc) is 3.22. The van der Waals surface area contributed by atoms with Crippen molar-refractivity contribution in [3.05, 3.63) is 33.8 Å². The Bertz CT molecular complexity index is 553. The molecule has 1 amide bonds. The number of amides is 1. The molecule has 21 heavy (non-hydrogen) atoms. The Morgan fingerprint density at radius 3 is 2.52 bits per heavy atom. The molecule has 0 spiro atoms. The SMILES string of the molecule is NC1(CC(=O)N(Cc2ccc(Cl)c(Cl)c2)C2CC2)CCC1. The van der Waals surface area contributed by atoms with E-state index in [0.717, 1.165) is 37.7 Å². The van der Waals surface area contributed by atoms with Crippen LogP contribution in [-0.2, 0) is 11.3 Å². The molecule has 0 bridgehead atoms. The summed E-state index contributed by atoms with van der Waals surface area (Å²) < 4.78 is 0. The number of hydrogen-bond acceptors (Lipinski definition) is 2. The Kier molecular flexibility index (Phi) is 4.17. The van der Waals surface area contributed by atoms with E-state index in [1.807, 2.05) is 17.0 Å². The van der Waals surface area contributed by atoms with Crippen molar-refractivity contribution < 1.29 is 4.79 Å². The van der Waals surface area contributed by atoms with Crippen LogP contribution in [0.1, 0.15) is 44.1 Å². The summed E-state index contributed by atoms with van der Waals surface area (Å²) >= 11 is 12.0. The van der Waals surface area contributed by atoms with Gasteiger partial charge in [-0.1, -0.05) is 29.3 Å². The third-order valence-electron chi connectivity index (χ3n) is 4.50. The van der Waals surface area contributed by atoms with Gasteiger partial charge >= 0.3 is 0 Å². The molecule has 2 aliphatic rings. The van der Waals surface area contributed by atoms with Crippen molar-refractivity contribution in [3.8, 4) is 0 Å². The topological polar surface area (TPSA) is 46.3 Å². The molecule has 114 valence electrons. The van der Waals surface area contributed by atoms with Crippen LogP contribution in [0.25, 0.3) is 0 Å². The van der Waals surface area contributed by atoms with Gasteiger partial charge in [-0.25, -0.2) is 0 Å². The zero-order valence-corrected chi connectivity index (χ0v) is 13.5. The molecule has 2 fully saturated rings. The average molecular weight is 327 g/mol. The molecule has 0 atom stereocenters. The molecule has 0 aromatic heterocycles. The van der Waals surface area contributed by atoms with E-state index in [1.165, 1.54) is 0 Å². The van der Waals surface area contributed by atoms with E-state index in [0.29, 0.717) is 29.1 Å². The van der Waals surface area contributed by atoms with Crippen LogP contribution in [0.2, 0.25) is 10.0 Å². The third-order valence-corrected chi connectivity index (χ3v) is 5.24. The lowest BCUT2D eigenvalue weighted by molar-refractivity contribution is -0.134. The molecule has 3 rings (SSSR count). The van der Waals surface area contributed by atoms with Crippen LogP contribution in [0, 0.1) is 0 Å². The smallest absolute Gasteiger partial charge is 0.224 e. The van der Waals surface area contributed by atoms with Gasteiger partial charge in [-0.2, -0.15) is 0 Å². The van der Waals surface area contributed by atoms with E-state index in [2.05, 4.69) is 0 Å². The normalized spacial score (nSPS) is 20.0. The van der Waals surface area contributed by atoms with E-state index in [-0.39, 0.29) is 11.4 Å². The summed E-state index contributed by atoms with van der Waals surface area (Å²) in [5, 5.41) is 1.08. The fourth-order valence-corrected chi connectivity index (χ4v) is 3.17. The molecule has 2 aliphatic carbocycles. The maximum Gasteiger partial charge on any atom is 0.224 e. The molecule has 3 nitrogen and oxygen atoms in total. The first kappa shape index (κ1) is 15.1. The Hall–Kier alpha value is -0.770. The fourth-order valence-electron chi connectivity index (χ4n) is 2.85. The molecule has 0 heterocycles. The number of carbonyl (C=O) groups is 1. The number of benzene rings is 1. The third kappa shape index (κ3) is 3.53. The highest BCUT2D eigenvalue weighted by atomic mass is 35.5. The molecule has 2 N–H and O–H groups in total. The van der Waals surface area contributed by atoms with Gasteiger partial charge in [0.05, 0.1) is 10.0 Å². The number of rotatable bonds is 5. The minimum atomic E-state index is -0.262. The molecule has 0 saturated heterocycles. The van der Waals surface area contributed by atoms with Crippen LogP contribution >= 0.6 is 23.2 Å². The highest BCUT2D eigenvalue weighted by Gasteiger charge is 2.39. The zero-order chi connectivity index (χ0) is 15.0. The molecule has 0 aliphatic heterocycles. The fraction of sp³-hybridized carbons (Fsp3) is 0.562. The minimum Gasteiger partial charge on any atom is -0.335 e. The number of hydrogen-bond donors (Lipinski definition) is 1. The van der Waals surface area contributed by atoms with E-state index >= 15 is 0 Å². The van der Waals surface area contributed by atoms with Crippen LogP contribution < -0.4 is 5.73 Å². The molecule has 1 aromatic rings. The second-order valence-corrected chi connectivity index (χ2v) is 7.21. The first-order valence-corrected chi connectivity index (χ1v) is 8.25. The second-order valence-electron chi connectivity index (χ2n) is 6.39. The number of nitrogens with two attached hydrogens (primary N) is 1. The number of halogens is 2. The van der Waals surface area contributed by atoms with Crippen LogP contribution in [0.5, 0.6) is 0 Å². The van der Waals surface area contributed by atoms with Crippen LogP contribution in [0.4, 0.5) is 0 Å². The summed E-state index contributed by atoms with van der Waals surface area (Å²) in [6, 6.07) is 5.92. The van der Waals surface area contributed by atoms with Gasteiger partial charge in [-0.15, -0.1) is 0 Å². The van der Waals surface area contributed by atoms with E-state index < -0.39 is 0 Å². The molecular weight excluding hydrogens is 307 g/mol. The van der Waals surface area contributed by atoms with Crippen molar-refractivity contribution >= 4 is 29.1 Å². The summed E-state index contributed by atoms with van der Waals surface area (Å²) in [6.45, 7) is 0.594. The molecule has 2 saturated carbocycles. The lowest BCUT2D eigenvalue weighted by Gasteiger charge is -2.39. The van der Waals surface area contributed by atoms with Gasteiger partial charge in [0.1, 0.15) is 0 Å². The Balaban J connectivity index is 1.69. The largest absolute Gasteiger partial charge is 0.335 e.